The molecule has 1 N–H and O–H groups in total. The Morgan fingerprint density at radius 2 is 2.19 bits per heavy atom. The topological polar surface area (TPSA) is 83.7 Å². The lowest BCUT2D eigenvalue weighted by Crippen LogP contribution is -2.35. The molecule has 0 saturated heterocycles. The highest BCUT2D eigenvalue weighted by Gasteiger charge is 2.18. The molecule has 2 rings (SSSR count). The van der Waals surface area contributed by atoms with Crippen LogP contribution in [0.5, 0.6) is 0 Å². The average molecular weight is 291 g/mol. The van der Waals surface area contributed by atoms with E-state index < -0.39 is 6.09 Å². The van der Waals surface area contributed by atoms with Crippen LogP contribution in [0.2, 0.25) is 0 Å². The molecule has 21 heavy (non-hydrogen) atoms. The molecule has 7 nitrogen and oxygen atoms in total. The minimum atomic E-state index is -0.469. The Kier molecular flexibility index (Phi) is 5.14. The van der Waals surface area contributed by atoms with Crippen molar-refractivity contribution in [3.63, 3.8) is 0 Å². The Labute approximate surface area is 122 Å². The fourth-order valence-corrected chi connectivity index (χ4v) is 1.75. The Bertz CT molecular complexity index is 542. The molecule has 1 aromatic carbocycles. The van der Waals surface area contributed by atoms with Gasteiger partial charge in [0.05, 0.1) is 13.1 Å². The fraction of sp³-hybridized carbons (Fsp3) is 0.357. The van der Waals surface area contributed by atoms with Gasteiger partial charge in [0.25, 0.3) is 0 Å². The number of aliphatic hydroxyl groups is 1. The van der Waals surface area contributed by atoms with Crippen LogP contribution in [0, 0.1) is 0 Å². The maximum atomic E-state index is 12.1. The van der Waals surface area contributed by atoms with Crippen LogP contribution in [0.1, 0.15) is 12.5 Å². The monoisotopic (exact) mass is 291 g/mol. The van der Waals surface area contributed by atoms with E-state index >= 15 is 0 Å². The Hall–Kier alpha value is -2.57. The zero-order valence-corrected chi connectivity index (χ0v) is 11.7. The Morgan fingerprint density at radius 1 is 1.43 bits per heavy atom. The summed E-state index contributed by atoms with van der Waals surface area (Å²) in [6.45, 7) is 2.66. The van der Waals surface area contributed by atoms with Crippen molar-refractivity contribution >= 4 is 6.09 Å². The number of aliphatic hydroxyl groups excluding tert-OH is 1. The smallest absolute Gasteiger partial charge is 0.410 e. The second kappa shape index (κ2) is 7.28. The lowest BCUT2D eigenvalue weighted by atomic mass is 10.2. The second-order valence-electron chi connectivity index (χ2n) is 4.59. The van der Waals surface area contributed by atoms with Gasteiger partial charge in [-0.3, -0.25) is 0 Å². The van der Waals surface area contributed by atoms with E-state index in [0.29, 0.717) is 12.1 Å². The van der Waals surface area contributed by atoms with E-state index in [1.54, 1.807) is 6.92 Å². The van der Waals surface area contributed by atoms with Gasteiger partial charge in [0.2, 0.25) is 0 Å². The van der Waals surface area contributed by atoms with Gasteiger partial charge in [-0.15, -0.1) is 0 Å². The average Bonchev–Trinajstić information content (AvgIpc) is 2.58. The molecule has 1 amide bonds. The highest BCUT2D eigenvalue weighted by Crippen LogP contribution is 2.10. The summed E-state index contributed by atoms with van der Waals surface area (Å²) in [6.07, 6.45) is -0.469. The van der Waals surface area contributed by atoms with Crippen LogP contribution >= 0.6 is 0 Å². The number of hydrogen-bond donors (Lipinski definition) is 1. The first-order valence-electron chi connectivity index (χ1n) is 6.55. The summed E-state index contributed by atoms with van der Waals surface area (Å²) in [5.74, 6) is -0.346. The molecular formula is C14H17N3O4. The third-order valence-corrected chi connectivity index (χ3v) is 2.91. The molecule has 0 radical (unpaired) electrons. The number of rotatable bonds is 2. The van der Waals surface area contributed by atoms with Crippen molar-refractivity contribution in [1.82, 2.24) is 4.90 Å². The molecule has 0 aliphatic carbocycles. The van der Waals surface area contributed by atoms with Gasteiger partial charge in [-0.1, -0.05) is 30.3 Å². The summed E-state index contributed by atoms with van der Waals surface area (Å²) >= 11 is 0. The summed E-state index contributed by atoms with van der Waals surface area (Å²) in [4.78, 5) is 18.2. The fourth-order valence-electron chi connectivity index (χ4n) is 1.75. The van der Waals surface area contributed by atoms with Crippen molar-refractivity contribution in [2.24, 2.45) is 10.4 Å². The summed E-state index contributed by atoms with van der Waals surface area (Å²) in [5.41, 5.74) is 1.39. The molecule has 0 atom stereocenters. The van der Waals surface area contributed by atoms with Crippen molar-refractivity contribution in [2.75, 3.05) is 19.6 Å². The first-order valence-corrected chi connectivity index (χ1v) is 6.55. The number of carbonyl (C=O) groups excluding carboxylic acids is 1. The molecule has 0 bridgehead atoms. The zero-order valence-electron chi connectivity index (χ0n) is 11.7. The molecule has 112 valence electrons. The second-order valence-corrected chi connectivity index (χ2v) is 4.59. The third-order valence-electron chi connectivity index (χ3n) is 2.91. The molecule has 7 heteroatoms. The van der Waals surface area contributed by atoms with Crippen molar-refractivity contribution in [3.05, 3.63) is 47.4 Å². The van der Waals surface area contributed by atoms with Crippen LogP contribution in [0.15, 0.2) is 52.2 Å². The number of ether oxygens (including phenoxy) is 1. The number of carbonyl (C=O) groups is 1. The minimum absolute atomic E-state index is 0.197. The van der Waals surface area contributed by atoms with Crippen LogP contribution in [0.25, 0.3) is 0 Å². The SMILES string of the molecule is C/C1=C(/O)ON=NCCN(C(=O)OCc2ccccc2)C1. The number of nitrogens with zero attached hydrogens (tertiary/aromatic N) is 3. The van der Waals surface area contributed by atoms with E-state index in [1.165, 1.54) is 4.90 Å². The van der Waals surface area contributed by atoms with Crippen LogP contribution in [-0.2, 0) is 16.2 Å². The van der Waals surface area contributed by atoms with Crippen molar-refractivity contribution in [3.8, 4) is 0 Å². The summed E-state index contributed by atoms with van der Waals surface area (Å²) < 4.78 is 5.26. The summed E-state index contributed by atoms with van der Waals surface area (Å²) in [7, 11) is 0. The van der Waals surface area contributed by atoms with Gasteiger partial charge in [-0.25, -0.2) is 4.79 Å². The van der Waals surface area contributed by atoms with Gasteiger partial charge in [0.1, 0.15) is 6.61 Å². The van der Waals surface area contributed by atoms with Crippen molar-refractivity contribution in [1.29, 1.82) is 0 Å². The molecule has 1 aromatic rings. The van der Waals surface area contributed by atoms with Crippen LogP contribution < -0.4 is 0 Å². The molecule has 0 fully saturated rings. The van der Waals surface area contributed by atoms with Gasteiger partial charge in [-0.2, -0.15) is 5.11 Å². The predicted molar refractivity (Wildman–Crippen MR) is 74.3 cm³/mol. The zero-order chi connectivity index (χ0) is 15.1. The molecule has 0 unspecified atom stereocenters. The van der Waals surface area contributed by atoms with E-state index in [2.05, 4.69) is 15.2 Å². The molecule has 0 spiro atoms. The van der Waals surface area contributed by atoms with Crippen molar-refractivity contribution < 1.29 is 19.5 Å². The largest absolute Gasteiger partial charge is 0.479 e. The third kappa shape index (κ3) is 4.48. The lowest BCUT2D eigenvalue weighted by Gasteiger charge is -2.20. The van der Waals surface area contributed by atoms with Crippen molar-refractivity contribution in [2.45, 2.75) is 13.5 Å². The summed E-state index contributed by atoms with van der Waals surface area (Å²) in [5, 5.41) is 16.6. The molecule has 0 aromatic heterocycles. The van der Waals surface area contributed by atoms with Crippen LogP contribution in [-0.4, -0.2) is 35.7 Å². The van der Waals surface area contributed by atoms with Gasteiger partial charge >= 0.3 is 12.0 Å². The van der Waals surface area contributed by atoms with E-state index in [-0.39, 0.29) is 25.6 Å². The Balaban J connectivity index is 1.96. The first kappa shape index (κ1) is 14.8. The van der Waals surface area contributed by atoms with Gasteiger partial charge in [-0.05, 0) is 12.5 Å². The predicted octanol–water partition coefficient (Wildman–Crippen LogP) is 2.81. The van der Waals surface area contributed by atoms with Gasteiger partial charge < -0.3 is 19.6 Å². The first-order chi connectivity index (χ1) is 10.2. The molecular weight excluding hydrogens is 274 g/mol. The van der Waals surface area contributed by atoms with Gasteiger partial charge in [0, 0.05) is 17.4 Å². The van der Waals surface area contributed by atoms with E-state index in [0.717, 1.165) is 5.56 Å². The highest BCUT2D eigenvalue weighted by atomic mass is 16.7. The molecule has 1 aliphatic heterocycles. The lowest BCUT2D eigenvalue weighted by molar-refractivity contribution is 0.0792. The standard InChI is InChI=1S/C14H17N3O4/c1-11-9-17(8-7-15-16-21-13(11)18)14(19)20-10-12-5-3-2-4-6-12/h2-6,18H,7-10H2,1H3/b13-11+,16-15?. The number of amides is 1. The normalized spacial score (nSPS) is 19.2. The minimum Gasteiger partial charge on any atom is -0.479 e. The molecule has 1 heterocycles. The van der Waals surface area contributed by atoms with Gasteiger partial charge in [0.15, 0.2) is 0 Å². The highest BCUT2D eigenvalue weighted by molar-refractivity contribution is 5.68. The summed E-state index contributed by atoms with van der Waals surface area (Å²) in [6, 6.07) is 9.42. The van der Waals surface area contributed by atoms with Crippen LogP contribution in [0.3, 0.4) is 0 Å². The quantitative estimate of drug-likeness (QED) is 0.908. The van der Waals surface area contributed by atoms with Crippen LogP contribution in [0.4, 0.5) is 4.79 Å². The van der Waals surface area contributed by atoms with E-state index in [4.69, 9.17) is 4.74 Å². The maximum Gasteiger partial charge on any atom is 0.410 e. The van der Waals surface area contributed by atoms with E-state index in [9.17, 15) is 9.90 Å². The van der Waals surface area contributed by atoms with E-state index in [1.807, 2.05) is 30.3 Å². The molecule has 1 aliphatic rings. The number of hydrogen-bond acceptors (Lipinski definition) is 6. The maximum absolute atomic E-state index is 12.1. The Morgan fingerprint density at radius 3 is 2.95 bits per heavy atom. The number of benzene rings is 1. The molecule has 0 saturated carbocycles.